The average molecular weight is 416 g/mol. The second kappa shape index (κ2) is 8.86. The zero-order valence-electron chi connectivity index (χ0n) is 14.0. The fourth-order valence-corrected chi connectivity index (χ4v) is 3.08. The smallest absolute Gasteiger partial charge is 0.257 e. The van der Waals surface area contributed by atoms with Crippen LogP contribution in [0.4, 0.5) is 17.1 Å². The Bertz CT molecular complexity index is 942. The van der Waals surface area contributed by atoms with Crippen LogP contribution in [0.2, 0.25) is 10.0 Å². The highest BCUT2D eigenvalue weighted by Gasteiger charge is 2.10. The van der Waals surface area contributed by atoms with Crippen LogP contribution in [0, 0.1) is 0 Å². The Morgan fingerprint density at radius 1 is 0.778 bits per heavy atom. The highest BCUT2D eigenvalue weighted by molar-refractivity contribution is 7.80. The van der Waals surface area contributed by atoms with Gasteiger partial charge in [-0.05, 0) is 66.8 Å². The first-order valence-electron chi connectivity index (χ1n) is 8.00. The van der Waals surface area contributed by atoms with Crippen LogP contribution in [0.1, 0.15) is 10.4 Å². The number of carbonyl (C=O) groups is 1. The largest absolute Gasteiger partial charge is 0.356 e. The molecule has 4 nitrogen and oxygen atoms in total. The molecule has 27 heavy (non-hydrogen) atoms. The maximum atomic E-state index is 12.2. The second-order valence-electron chi connectivity index (χ2n) is 5.63. The number of carbonyl (C=O) groups excluding carboxylic acids is 1. The molecule has 3 aromatic rings. The Hall–Kier alpha value is -2.60. The van der Waals surface area contributed by atoms with Gasteiger partial charge < -0.3 is 10.6 Å². The van der Waals surface area contributed by atoms with Crippen molar-refractivity contribution >= 4 is 63.5 Å². The molecular formula is C20H15Cl2N3OS. The number of anilines is 3. The van der Waals surface area contributed by atoms with E-state index >= 15 is 0 Å². The number of thiocarbonyl (C=S) groups is 1. The third-order valence-electron chi connectivity index (χ3n) is 3.56. The lowest BCUT2D eigenvalue weighted by atomic mass is 10.2. The van der Waals surface area contributed by atoms with Crippen LogP contribution >= 0.6 is 35.4 Å². The fraction of sp³-hybridized carbons (Fsp3) is 0. The van der Waals surface area contributed by atoms with Crippen LogP contribution in [0.3, 0.4) is 0 Å². The molecule has 0 atom stereocenters. The highest BCUT2D eigenvalue weighted by atomic mass is 35.5. The van der Waals surface area contributed by atoms with Crippen molar-refractivity contribution in [3.8, 4) is 0 Å². The van der Waals surface area contributed by atoms with E-state index in [2.05, 4.69) is 16.0 Å². The number of hydrogen-bond donors (Lipinski definition) is 3. The highest BCUT2D eigenvalue weighted by Crippen LogP contribution is 2.20. The maximum Gasteiger partial charge on any atom is 0.257 e. The zero-order chi connectivity index (χ0) is 19.2. The molecule has 7 heteroatoms. The van der Waals surface area contributed by atoms with Crippen molar-refractivity contribution in [3.63, 3.8) is 0 Å². The summed E-state index contributed by atoms with van der Waals surface area (Å²) in [6.07, 6.45) is 0. The van der Waals surface area contributed by atoms with E-state index in [0.29, 0.717) is 15.6 Å². The van der Waals surface area contributed by atoms with E-state index in [1.54, 1.807) is 6.07 Å². The van der Waals surface area contributed by atoms with Crippen molar-refractivity contribution in [1.29, 1.82) is 0 Å². The number of rotatable bonds is 4. The van der Waals surface area contributed by atoms with E-state index in [1.165, 1.54) is 12.1 Å². The number of nitrogens with one attached hydrogen (secondary N) is 3. The monoisotopic (exact) mass is 415 g/mol. The Balaban J connectivity index is 1.58. The molecule has 0 fully saturated rings. The topological polar surface area (TPSA) is 53.2 Å². The summed E-state index contributed by atoms with van der Waals surface area (Å²) in [7, 11) is 0. The SMILES string of the molecule is O=C(NC(=S)Nc1ccc(Nc2ccccc2)cc1)c1cc(Cl)cc(Cl)c1. The molecule has 136 valence electrons. The van der Waals surface area contributed by atoms with Gasteiger partial charge in [0.2, 0.25) is 0 Å². The van der Waals surface area contributed by atoms with Crippen molar-refractivity contribution in [2.75, 3.05) is 10.6 Å². The van der Waals surface area contributed by atoms with Crippen molar-refractivity contribution in [2.24, 2.45) is 0 Å². The van der Waals surface area contributed by atoms with E-state index in [0.717, 1.165) is 17.1 Å². The van der Waals surface area contributed by atoms with Crippen molar-refractivity contribution in [3.05, 3.63) is 88.4 Å². The number of amides is 1. The molecule has 3 aromatic carbocycles. The summed E-state index contributed by atoms with van der Waals surface area (Å²) >= 11 is 17.0. The van der Waals surface area contributed by atoms with Gasteiger partial charge in [0.1, 0.15) is 0 Å². The van der Waals surface area contributed by atoms with Crippen LogP contribution in [-0.4, -0.2) is 11.0 Å². The molecule has 0 aromatic heterocycles. The van der Waals surface area contributed by atoms with Gasteiger partial charge in [0.15, 0.2) is 5.11 Å². The third kappa shape index (κ3) is 5.69. The van der Waals surface area contributed by atoms with Gasteiger partial charge in [-0.2, -0.15) is 0 Å². The first-order valence-corrected chi connectivity index (χ1v) is 9.16. The number of para-hydroxylation sites is 1. The zero-order valence-corrected chi connectivity index (χ0v) is 16.3. The summed E-state index contributed by atoms with van der Waals surface area (Å²) in [5.41, 5.74) is 3.03. The molecule has 3 N–H and O–H groups in total. The lowest BCUT2D eigenvalue weighted by molar-refractivity contribution is 0.0977. The maximum absolute atomic E-state index is 12.2. The van der Waals surface area contributed by atoms with E-state index in [4.69, 9.17) is 35.4 Å². The second-order valence-corrected chi connectivity index (χ2v) is 6.92. The molecule has 0 saturated carbocycles. The molecule has 0 aliphatic rings. The van der Waals surface area contributed by atoms with Gasteiger partial charge in [-0.1, -0.05) is 41.4 Å². The normalized spacial score (nSPS) is 10.1. The van der Waals surface area contributed by atoms with E-state index < -0.39 is 0 Å². The van der Waals surface area contributed by atoms with Gasteiger partial charge >= 0.3 is 0 Å². The molecule has 0 unspecified atom stereocenters. The standard InChI is InChI=1S/C20H15Cl2N3OS/c21-14-10-13(11-15(22)12-14)19(26)25-20(27)24-18-8-6-17(7-9-18)23-16-4-2-1-3-5-16/h1-12,23H,(H2,24,25,26,27). The molecule has 0 bridgehead atoms. The van der Waals surface area contributed by atoms with E-state index in [-0.39, 0.29) is 11.0 Å². The van der Waals surface area contributed by atoms with Crippen molar-refractivity contribution < 1.29 is 4.79 Å². The lowest BCUT2D eigenvalue weighted by Gasteiger charge is -2.11. The molecule has 0 spiro atoms. The molecule has 1 amide bonds. The van der Waals surface area contributed by atoms with Gasteiger partial charge in [0.25, 0.3) is 5.91 Å². The fourth-order valence-electron chi connectivity index (χ4n) is 2.35. The number of halogens is 2. The molecule has 0 aliphatic heterocycles. The summed E-state index contributed by atoms with van der Waals surface area (Å²) < 4.78 is 0. The number of benzene rings is 3. The van der Waals surface area contributed by atoms with Crippen LogP contribution in [0.5, 0.6) is 0 Å². The predicted molar refractivity (Wildman–Crippen MR) is 116 cm³/mol. The Morgan fingerprint density at radius 2 is 1.33 bits per heavy atom. The molecule has 0 heterocycles. The lowest BCUT2D eigenvalue weighted by Crippen LogP contribution is -2.34. The molecule has 0 aliphatic carbocycles. The van der Waals surface area contributed by atoms with Crippen LogP contribution in [0.15, 0.2) is 72.8 Å². The van der Waals surface area contributed by atoms with Crippen LogP contribution < -0.4 is 16.0 Å². The molecule has 0 radical (unpaired) electrons. The first-order chi connectivity index (χ1) is 13.0. The van der Waals surface area contributed by atoms with Gasteiger partial charge in [-0.15, -0.1) is 0 Å². The number of hydrogen-bond acceptors (Lipinski definition) is 3. The molecular weight excluding hydrogens is 401 g/mol. The Labute approximate surface area is 172 Å². The van der Waals surface area contributed by atoms with E-state index in [1.807, 2.05) is 54.6 Å². The Kier molecular flexibility index (Phi) is 6.29. The first kappa shape index (κ1) is 19.2. The quantitative estimate of drug-likeness (QED) is 0.466. The van der Waals surface area contributed by atoms with E-state index in [9.17, 15) is 4.79 Å². The van der Waals surface area contributed by atoms with Gasteiger partial charge in [-0.25, -0.2) is 0 Å². The summed E-state index contributed by atoms with van der Waals surface area (Å²) in [5.74, 6) is -0.390. The summed E-state index contributed by atoms with van der Waals surface area (Å²) in [6.45, 7) is 0. The summed E-state index contributed by atoms with van der Waals surface area (Å²) in [5, 5.41) is 9.81. The minimum atomic E-state index is -0.390. The minimum Gasteiger partial charge on any atom is -0.356 e. The molecule has 3 rings (SSSR count). The van der Waals surface area contributed by atoms with Gasteiger partial charge in [-0.3, -0.25) is 10.1 Å². The van der Waals surface area contributed by atoms with Gasteiger partial charge in [0, 0.05) is 32.7 Å². The summed E-state index contributed by atoms with van der Waals surface area (Å²) in [4.78, 5) is 12.2. The van der Waals surface area contributed by atoms with Crippen LogP contribution in [0.25, 0.3) is 0 Å². The van der Waals surface area contributed by atoms with Crippen molar-refractivity contribution in [2.45, 2.75) is 0 Å². The summed E-state index contributed by atoms with van der Waals surface area (Å²) in [6, 6.07) is 22.0. The predicted octanol–water partition coefficient (Wildman–Crippen LogP) is 5.86. The van der Waals surface area contributed by atoms with Gasteiger partial charge in [0.05, 0.1) is 0 Å². The van der Waals surface area contributed by atoms with Crippen molar-refractivity contribution in [1.82, 2.24) is 5.32 Å². The average Bonchev–Trinajstić information content (AvgIpc) is 2.63. The van der Waals surface area contributed by atoms with Crippen LogP contribution in [-0.2, 0) is 0 Å². The third-order valence-corrected chi connectivity index (χ3v) is 4.20. The molecule has 0 saturated heterocycles. The Morgan fingerprint density at radius 3 is 1.96 bits per heavy atom. The minimum absolute atomic E-state index is 0.180.